The molecule has 0 aliphatic carbocycles. The van der Waals surface area contributed by atoms with E-state index in [2.05, 4.69) is 73.5 Å². The lowest BCUT2D eigenvalue weighted by atomic mass is 10.2. The minimum atomic E-state index is 0.679. The van der Waals surface area contributed by atoms with Crippen molar-refractivity contribution in [1.82, 2.24) is 14.9 Å². The summed E-state index contributed by atoms with van der Waals surface area (Å²) >= 11 is 1.74. The Morgan fingerprint density at radius 1 is 0.969 bits per heavy atom. The van der Waals surface area contributed by atoms with E-state index in [0.29, 0.717) is 13.1 Å². The molecular formula is C26H30N4OS. The van der Waals surface area contributed by atoms with Crippen LogP contribution in [0.5, 0.6) is 5.75 Å². The van der Waals surface area contributed by atoms with E-state index in [1.165, 1.54) is 16.0 Å². The second-order valence-corrected chi connectivity index (χ2v) is 9.15. The monoisotopic (exact) mass is 446 g/mol. The number of nitrogens with zero attached hydrogens (tertiary/aromatic N) is 3. The molecule has 0 bridgehead atoms. The van der Waals surface area contributed by atoms with Crippen molar-refractivity contribution < 1.29 is 4.74 Å². The van der Waals surface area contributed by atoms with Gasteiger partial charge in [-0.3, -0.25) is 4.90 Å². The van der Waals surface area contributed by atoms with Gasteiger partial charge in [0.25, 0.3) is 0 Å². The maximum atomic E-state index is 5.37. The first-order valence-corrected chi connectivity index (χ1v) is 11.8. The van der Waals surface area contributed by atoms with E-state index in [1.807, 2.05) is 12.1 Å². The van der Waals surface area contributed by atoms with Crippen molar-refractivity contribution >= 4 is 27.4 Å². The van der Waals surface area contributed by atoms with Crippen LogP contribution in [-0.2, 0) is 19.6 Å². The third kappa shape index (κ3) is 5.09. The summed E-state index contributed by atoms with van der Waals surface area (Å²) in [6.07, 6.45) is 0. The highest BCUT2D eigenvalue weighted by atomic mass is 32.1. The molecule has 0 spiro atoms. The number of aromatic nitrogens is 2. The predicted molar refractivity (Wildman–Crippen MR) is 133 cm³/mol. The van der Waals surface area contributed by atoms with E-state index in [1.54, 1.807) is 18.4 Å². The molecule has 0 fully saturated rings. The van der Waals surface area contributed by atoms with Gasteiger partial charge in [0.1, 0.15) is 22.2 Å². The Morgan fingerprint density at radius 2 is 1.75 bits per heavy atom. The number of hydrogen-bond acceptors (Lipinski definition) is 6. The van der Waals surface area contributed by atoms with E-state index in [0.717, 1.165) is 46.3 Å². The van der Waals surface area contributed by atoms with Crippen LogP contribution in [0.2, 0.25) is 0 Å². The molecule has 0 atom stereocenters. The van der Waals surface area contributed by atoms with Gasteiger partial charge in [-0.05, 0) is 49.2 Å². The first-order valence-electron chi connectivity index (χ1n) is 11.0. The van der Waals surface area contributed by atoms with E-state index in [4.69, 9.17) is 14.7 Å². The average Bonchev–Trinajstić information content (AvgIpc) is 3.11. The number of anilines is 1. The molecule has 2 aromatic heterocycles. The van der Waals surface area contributed by atoms with Gasteiger partial charge in [-0.15, -0.1) is 11.3 Å². The lowest BCUT2D eigenvalue weighted by Gasteiger charge is -2.20. The first-order chi connectivity index (χ1) is 15.6. The molecule has 6 heteroatoms. The van der Waals surface area contributed by atoms with Crippen LogP contribution in [0.4, 0.5) is 5.82 Å². The van der Waals surface area contributed by atoms with Gasteiger partial charge in [0.15, 0.2) is 0 Å². The molecule has 2 heterocycles. The molecule has 5 nitrogen and oxygen atoms in total. The summed E-state index contributed by atoms with van der Waals surface area (Å²) in [5.41, 5.74) is 3.71. The second kappa shape index (κ2) is 10.1. The normalized spacial score (nSPS) is 11.3. The van der Waals surface area contributed by atoms with Crippen molar-refractivity contribution in [3.8, 4) is 5.75 Å². The largest absolute Gasteiger partial charge is 0.497 e. The van der Waals surface area contributed by atoms with Crippen LogP contribution < -0.4 is 10.1 Å². The van der Waals surface area contributed by atoms with Crippen LogP contribution in [0, 0.1) is 13.8 Å². The molecule has 0 aliphatic heterocycles. The summed E-state index contributed by atoms with van der Waals surface area (Å²) in [6.45, 7) is 9.70. The summed E-state index contributed by atoms with van der Waals surface area (Å²) < 4.78 is 5.37. The van der Waals surface area contributed by atoms with Crippen LogP contribution in [0.1, 0.15) is 34.3 Å². The number of fused-ring (bicyclic) bond motifs is 1. The molecule has 32 heavy (non-hydrogen) atoms. The second-order valence-electron chi connectivity index (χ2n) is 7.95. The van der Waals surface area contributed by atoms with E-state index in [9.17, 15) is 0 Å². The zero-order valence-corrected chi connectivity index (χ0v) is 20.0. The summed E-state index contributed by atoms with van der Waals surface area (Å²) in [5.74, 6) is 2.62. The summed E-state index contributed by atoms with van der Waals surface area (Å²) in [5, 5.41) is 4.70. The molecule has 0 saturated carbocycles. The molecule has 2 aromatic carbocycles. The van der Waals surface area contributed by atoms with E-state index >= 15 is 0 Å². The van der Waals surface area contributed by atoms with Gasteiger partial charge < -0.3 is 10.1 Å². The van der Waals surface area contributed by atoms with Gasteiger partial charge >= 0.3 is 0 Å². The van der Waals surface area contributed by atoms with Gasteiger partial charge in [0.05, 0.1) is 19.0 Å². The maximum Gasteiger partial charge on any atom is 0.146 e. The number of nitrogens with one attached hydrogen (secondary N) is 1. The molecule has 0 aliphatic rings. The smallest absolute Gasteiger partial charge is 0.146 e. The maximum absolute atomic E-state index is 5.37. The number of rotatable bonds is 9. The van der Waals surface area contributed by atoms with Gasteiger partial charge in [0.2, 0.25) is 0 Å². The third-order valence-electron chi connectivity index (χ3n) is 5.73. The Kier molecular flexibility index (Phi) is 7.02. The molecule has 4 rings (SSSR count). The molecular weight excluding hydrogens is 416 g/mol. The Balaban J connectivity index is 1.60. The minimum Gasteiger partial charge on any atom is -0.497 e. The molecule has 1 N–H and O–H groups in total. The molecule has 0 saturated heterocycles. The van der Waals surface area contributed by atoms with Crippen molar-refractivity contribution in [1.29, 1.82) is 0 Å². The summed E-state index contributed by atoms with van der Waals surface area (Å²) in [6, 6.07) is 18.7. The zero-order valence-electron chi connectivity index (χ0n) is 19.2. The van der Waals surface area contributed by atoms with Crippen LogP contribution in [0.25, 0.3) is 10.2 Å². The molecule has 0 radical (unpaired) electrons. The van der Waals surface area contributed by atoms with Crippen LogP contribution in [0.15, 0.2) is 54.6 Å². The number of ether oxygens (including phenoxy) is 1. The van der Waals surface area contributed by atoms with Crippen molar-refractivity contribution in [2.45, 2.75) is 40.4 Å². The number of benzene rings is 2. The Labute approximate surface area is 194 Å². The Hall–Kier alpha value is -2.96. The van der Waals surface area contributed by atoms with Crippen LogP contribution >= 0.6 is 11.3 Å². The van der Waals surface area contributed by atoms with Crippen molar-refractivity contribution in [3.05, 3.63) is 82.0 Å². The highest BCUT2D eigenvalue weighted by molar-refractivity contribution is 7.18. The fourth-order valence-corrected chi connectivity index (χ4v) is 4.83. The van der Waals surface area contributed by atoms with Crippen molar-refractivity contribution in [3.63, 3.8) is 0 Å². The standard InChI is InChI=1S/C26H30N4OS/c1-5-30(16-20-10-7-6-8-11-20)17-23-28-25(24-18(2)19(3)32-26(24)29-23)27-15-21-12-9-13-22(14-21)31-4/h6-14H,5,15-17H2,1-4H3,(H,27,28,29). The molecule has 0 unspecified atom stereocenters. The number of thiophene rings is 1. The number of aryl methyl sites for hydroxylation is 2. The number of hydrogen-bond donors (Lipinski definition) is 1. The van der Waals surface area contributed by atoms with Gasteiger partial charge in [-0.2, -0.15) is 0 Å². The lowest BCUT2D eigenvalue weighted by Crippen LogP contribution is -2.23. The van der Waals surface area contributed by atoms with E-state index in [-0.39, 0.29) is 0 Å². The third-order valence-corrected chi connectivity index (χ3v) is 6.83. The van der Waals surface area contributed by atoms with Crippen LogP contribution in [-0.4, -0.2) is 28.5 Å². The predicted octanol–water partition coefficient (Wildman–Crippen LogP) is 5.95. The lowest BCUT2D eigenvalue weighted by molar-refractivity contribution is 0.265. The Morgan fingerprint density at radius 3 is 2.50 bits per heavy atom. The minimum absolute atomic E-state index is 0.679. The van der Waals surface area contributed by atoms with Gasteiger partial charge in [0, 0.05) is 18.0 Å². The summed E-state index contributed by atoms with van der Waals surface area (Å²) in [4.78, 5) is 14.6. The number of methoxy groups -OCH3 is 1. The SMILES string of the molecule is CCN(Cc1ccccc1)Cc1nc(NCc2cccc(OC)c2)c2c(C)c(C)sc2n1. The average molecular weight is 447 g/mol. The highest BCUT2D eigenvalue weighted by Crippen LogP contribution is 2.33. The summed E-state index contributed by atoms with van der Waals surface area (Å²) in [7, 11) is 1.69. The molecule has 166 valence electrons. The van der Waals surface area contributed by atoms with Crippen molar-refractivity contribution in [2.24, 2.45) is 0 Å². The fourth-order valence-electron chi connectivity index (χ4n) is 3.78. The molecule has 4 aromatic rings. The molecule has 0 amide bonds. The van der Waals surface area contributed by atoms with Gasteiger partial charge in [-0.25, -0.2) is 9.97 Å². The topological polar surface area (TPSA) is 50.3 Å². The fraction of sp³-hybridized carbons (Fsp3) is 0.308. The zero-order chi connectivity index (χ0) is 22.5. The highest BCUT2D eigenvalue weighted by Gasteiger charge is 2.16. The van der Waals surface area contributed by atoms with Crippen LogP contribution in [0.3, 0.4) is 0 Å². The van der Waals surface area contributed by atoms with E-state index < -0.39 is 0 Å². The quantitative estimate of drug-likeness (QED) is 0.344. The van der Waals surface area contributed by atoms with Gasteiger partial charge in [-0.1, -0.05) is 49.4 Å². The van der Waals surface area contributed by atoms with Crippen molar-refractivity contribution in [2.75, 3.05) is 19.0 Å². The Bertz CT molecular complexity index is 1190. The first kappa shape index (κ1) is 22.2.